The fourth-order valence-electron chi connectivity index (χ4n) is 1.89. The number of amides is 1. The molecule has 3 nitrogen and oxygen atoms in total. The smallest absolute Gasteiger partial charge is 0.222 e. The van der Waals surface area contributed by atoms with Crippen LogP contribution in [0.5, 0.6) is 0 Å². The predicted octanol–water partition coefficient (Wildman–Crippen LogP) is 3.91. The molecule has 21 heavy (non-hydrogen) atoms. The molecule has 0 aromatic carbocycles. The summed E-state index contributed by atoms with van der Waals surface area (Å²) in [6.07, 6.45) is 0. The van der Waals surface area contributed by atoms with E-state index >= 15 is 0 Å². The Hall–Kier alpha value is -0.880. The lowest BCUT2D eigenvalue weighted by molar-refractivity contribution is -0.123. The Kier molecular flexibility index (Phi) is 6.23. The second kappa shape index (κ2) is 7.94. The maximum atomic E-state index is 11.5. The number of hydrogen-bond donors (Lipinski definition) is 2. The van der Waals surface area contributed by atoms with Gasteiger partial charge in [-0.15, -0.1) is 22.7 Å². The second-order valence-corrected chi connectivity index (χ2v) is 7.72. The zero-order chi connectivity index (χ0) is 15.2. The Morgan fingerprint density at radius 3 is 2.62 bits per heavy atom. The molecule has 2 rings (SSSR count). The fourth-order valence-corrected chi connectivity index (χ4v) is 3.93. The standard InChI is InChI=1S/C15H19ClN2OS2/c1-10(2)15(19)18-8-7-17-14(11-4-3-9-20-11)12-5-6-13(16)21-12/h3-6,9-10,14,17H,7-8H2,1-2H3,(H,18,19). The van der Waals surface area contributed by atoms with E-state index in [1.807, 2.05) is 26.0 Å². The van der Waals surface area contributed by atoms with Crippen LogP contribution in [0.1, 0.15) is 29.6 Å². The summed E-state index contributed by atoms with van der Waals surface area (Å²) < 4.78 is 0.793. The van der Waals surface area contributed by atoms with Gasteiger partial charge in [0.15, 0.2) is 0 Å². The Bertz CT molecular complexity index is 566. The third-order valence-electron chi connectivity index (χ3n) is 3.00. The fraction of sp³-hybridized carbons (Fsp3) is 0.400. The lowest BCUT2D eigenvalue weighted by Gasteiger charge is -2.16. The molecule has 0 aliphatic rings. The van der Waals surface area contributed by atoms with E-state index in [9.17, 15) is 4.79 Å². The molecule has 2 heterocycles. The topological polar surface area (TPSA) is 41.1 Å². The molecule has 2 aromatic heterocycles. The Morgan fingerprint density at radius 1 is 1.24 bits per heavy atom. The van der Waals surface area contributed by atoms with E-state index in [0.717, 1.165) is 10.9 Å². The zero-order valence-electron chi connectivity index (χ0n) is 12.1. The molecule has 114 valence electrons. The van der Waals surface area contributed by atoms with Gasteiger partial charge in [0, 0.05) is 28.8 Å². The van der Waals surface area contributed by atoms with Crippen LogP contribution in [0.2, 0.25) is 4.34 Å². The first-order valence-corrected chi connectivity index (χ1v) is 8.95. The van der Waals surface area contributed by atoms with E-state index in [4.69, 9.17) is 11.6 Å². The maximum absolute atomic E-state index is 11.5. The molecule has 2 aromatic rings. The molecule has 0 fully saturated rings. The molecule has 0 aliphatic heterocycles. The van der Waals surface area contributed by atoms with Crippen molar-refractivity contribution in [3.05, 3.63) is 43.7 Å². The van der Waals surface area contributed by atoms with Crippen LogP contribution in [0, 0.1) is 5.92 Å². The van der Waals surface area contributed by atoms with Crippen molar-refractivity contribution in [2.45, 2.75) is 19.9 Å². The lowest BCUT2D eigenvalue weighted by atomic mass is 10.2. The van der Waals surface area contributed by atoms with Gasteiger partial charge in [-0.05, 0) is 23.6 Å². The van der Waals surface area contributed by atoms with Gasteiger partial charge in [-0.2, -0.15) is 0 Å². The van der Waals surface area contributed by atoms with E-state index in [-0.39, 0.29) is 17.9 Å². The summed E-state index contributed by atoms with van der Waals surface area (Å²) in [4.78, 5) is 14.0. The molecule has 1 unspecified atom stereocenters. The van der Waals surface area contributed by atoms with Crippen molar-refractivity contribution in [3.63, 3.8) is 0 Å². The van der Waals surface area contributed by atoms with Crippen molar-refractivity contribution in [2.75, 3.05) is 13.1 Å². The van der Waals surface area contributed by atoms with Gasteiger partial charge in [-0.3, -0.25) is 4.79 Å². The van der Waals surface area contributed by atoms with E-state index in [2.05, 4.69) is 28.1 Å². The summed E-state index contributed by atoms with van der Waals surface area (Å²) in [7, 11) is 0. The van der Waals surface area contributed by atoms with Gasteiger partial charge in [-0.1, -0.05) is 31.5 Å². The van der Waals surface area contributed by atoms with E-state index in [1.54, 1.807) is 22.7 Å². The predicted molar refractivity (Wildman–Crippen MR) is 91.3 cm³/mol. The molecule has 2 N–H and O–H groups in total. The van der Waals surface area contributed by atoms with Crippen LogP contribution in [0.15, 0.2) is 29.6 Å². The number of nitrogens with one attached hydrogen (secondary N) is 2. The Labute approximate surface area is 138 Å². The third-order valence-corrected chi connectivity index (χ3v) is 5.24. The monoisotopic (exact) mass is 342 g/mol. The molecular formula is C15H19ClN2OS2. The van der Waals surface area contributed by atoms with Crippen LogP contribution < -0.4 is 10.6 Å². The number of thiophene rings is 2. The van der Waals surface area contributed by atoms with Crippen molar-refractivity contribution in [1.29, 1.82) is 0 Å². The number of halogens is 1. The normalized spacial score (nSPS) is 12.6. The largest absolute Gasteiger partial charge is 0.355 e. The molecule has 0 saturated carbocycles. The number of rotatable bonds is 7. The third kappa shape index (κ3) is 4.81. The molecule has 0 radical (unpaired) electrons. The molecule has 0 bridgehead atoms. The molecule has 0 saturated heterocycles. The van der Waals surface area contributed by atoms with Crippen LogP contribution >= 0.6 is 34.3 Å². The highest BCUT2D eigenvalue weighted by Gasteiger charge is 2.16. The summed E-state index contributed by atoms with van der Waals surface area (Å²) in [5, 5.41) is 8.48. The van der Waals surface area contributed by atoms with Crippen LogP contribution in [-0.4, -0.2) is 19.0 Å². The average Bonchev–Trinajstić information content (AvgIpc) is 3.10. The molecular weight excluding hydrogens is 324 g/mol. The summed E-state index contributed by atoms with van der Waals surface area (Å²) in [5.74, 6) is 0.109. The average molecular weight is 343 g/mol. The zero-order valence-corrected chi connectivity index (χ0v) is 14.4. The van der Waals surface area contributed by atoms with Crippen molar-refractivity contribution >= 4 is 40.2 Å². The van der Waals surface area contributed by atoms with Gasteiger partial charge in [0.1, 0.15) is 0 Å². The Morgan fingerprint density at radius 2 is 2.05 bits per heavy atom. The number of carbonyl (C=O) groups excluding carboxylic acids is 1. The summed E-state index contributed by atoms with van der Waals surface area (Å²) in [5.41, 5.74) is 0. The molecule has 0 spiro atoms. The van der Waals surface area contributed by atoms with Crippen molar-refractivity contribution < 1.29 is 4.79 Å². The summed E-state index contributed by atoms with van der Waals surface area (Å²) in [6.45, 7) is 5.13. The lowest BCUT2D eigenvalue weighted by Crippen LogP contribution is -2.35. The molecule has 6 heteroatoms. The quantitative estimate of drug-likeness (QED) is 0.749. The minimum atomic E-state index is 0.0224. The molecule has 1 atom stereocenters. The minimum Gasteiger partial charge on any atom is -0.355 e. The first-order chi connectivity index (χ1) is 10.1. The SMILES string of the molecule is CC(C)C(=O)NCCNC(c1cccs1)c1ccc(Cl)s1. The van der Waals surface area contributed by atoms with Crippen molar-refractivity contribution in [2.24, 2.45) is 5.92 Å². The van der Waals surface area contributed by atoms with Gasteiger partial charge in [-0.25, -0.2) is 0 Å². The van der Waals surface area contributed by atoms with E-state index < -0.39 is 0 Å². The maximum Gasteiger partial charge on any atom is 0.222 e. The summed E-state index contributed by atoms with van der Waals surface area (Å²) in [6, 6.07) is 8.27. The van der Waals surface area contributed by atoms with Gasteiger partial charge >= 0.3 is 0 Å². The van der Waals surface area contributed by atoms with Gasteiger partial charge < -0.3 is 10.6 Å². The van der Waals surface area contributed by atoms with Crippen molar-refractivity contribution in [3.8, 4) is 0 Å². The first-order valence-electron chi connectivity index (χ1n) is 6.87. The van der Waals surface area contributed by atoms with Gasteiger partial charge in [0.25, 0.3) is 0 Å². The van der Waals surface area contributed by atoms with E-state index in [1.165, 1.54) is 9.75 Å². The highest BCUT2D eigenvalue weighted by atomic mass is 35.5. The number of carbonyl (C=O) groups is 1. The van der Waals surface area contributed by atoms with Crippen LogP contribution in [0.3, 0.4) is 0 Å². The minimum absolute atomic E-state index is 0.0224. The number of hydrogen-bond acceptors (Lipinski definition) is 4. The van der Waals surface area contributed by atoms with E-state index in [0.29, 0.717) is 6.54 Å². The molecule has 1 amide bonds. The highest BCUT2D eigenvalue weighted by molar-refractivity contribution is 7.16. The first kappa shape index (κ1) is 16.5. The highest BCUT2D eigenvalue weighted by Crippen LogP contribution is 2.32. The second-order valence-electron chi connectivity index (χ2n) is 4.99. The van der Waals surface area contributed by atoms with Crippen LogP contribution in [0.4, 0.5) is 0 Å². The Balaban J connectivity index is 1.93. The van der Waals surface area contributed by atoms with Crippen LogP contribution in [-0.2, 0) is 4.79 Å². The van der Waals surface area contributed by atoms with Gasteiger partial charge in [0.05, 0.1) is 10.4 Å². The van der Waals surface area contributed by atoms with Crippen LogP contribution in [0.25, 0.3) is 0 Å². The van der Waals surface area contributed by atoms with Gasteiger partial charge in [0.2, 0.25) is 5.91 Å². The molecule has 0 aliphatic carbocycles. The summed E-state index contributed by atoms with van der Waals surface area (Å²) >= 11 is 9.34. The van der Waals surface area contributed by atoms with Crippen molar-refractivity contribution in [1.82, 2.24) is 10.6 Å².